The third-order valence-electron chi connectivity index (χ3n) is 3.61. The lowest BCUT2D eigenvalue weighted by molar-refractivity contribution is 0.549. The molecule has 0 bridgehead atoms. The Hall–Kier alpha value is -2.30. The normalized spacial score (nSPS) is 18.6. The smallest absolute Gasteiger partial charge is 0.196 e. The number of nitrogens with two attached hydrogens (primary N) is 1. The number of aliphatic imine (C=N–C) groups is 1. The van der Waals surface area contributed by atoms with E-state index in [-0.39, 0.29) is 6.04 Å². The second-order valence-electron chi connectivity index (χ2n) is 5.24. The van der Waals surface area contributed by atoms with Gasteiger partial charge in [-0.25, -0.2) is 4.98 Å². The van der Waals surface area contributed by atoms with Gasteiger partial charge in [-0.2, -0.15) is 0 Å². The molecule has 1 aliphatic heterocycles. The van der Waals surface area contributed by atoms with Gasteiger partial charge in [-0.05, 0) is 26.0 Å². The summed E-state index contributed by atoms with van der Waals surface area (Å²) in [5.74, 6) is 0.567. The maximum Gasteiger partial charge on any atom is 0.196 e. The highest BCUT2D eigenvalue weighted by Crippen LogP contribution is 2.31. The molecule has 5 heteroatoms. The molecule has 3 rings (SSSR count). The summed E-state index contributed by atoms with van der Waals surface area (Å²) >= 11 is 0. The van der Waals surface area contributed by atoms with Crippen molar-refractivity contribution >= 4 is 11.6 Å². The molecule has 1 aromatic carbocycles. The van der Waals surface area contributed by atoms with E-state index in [0.29, 0.717) is 18.5 Å². The van der Waals surface area contributed by atoms with Gasteiger partial charge in [0.2, 0.25) is 0 Å². The molecule has 0 fully saturated rings. The predicted octanol–water partition coefficient (Wildman–Crippen LogP) is 2.34. The van der Waals surface area contributed by atoms with Gasteiger partial charge in [-0.3, -0.25) is 4.99 Å². The zero-order valence-corrected chi connectivity index (χ0v) is 11.8. The third kappa shape index (κ3) is 2.05. The first-order valence-corrected chi connectivity index (χ1v) is 6.84. The zero-order valence-electron chi connectivity index (χ0n) is 11.8. The molecule has 0 aliphatic carbocycles. The molecule has 104 valence electrons. The van der Waals surface area contributed by atoms with Crippen LogP contribution in [-0.2, 0) is 0 Å². The molecular weight excluding hydrogens is 250 g/mol. The highest BCUT2D eigenvalue weighted by Gasteiger charge is 2.31. The number of nitrogens with zero attached hydrogens (tertiary/aromatic N) is 4. The minimum Gasteiger partial charge on any atom is -0.369 e. The number of anilines is 1. The molecule has 1 unspecified atom stereocenters. The van der Waals surface area contributed by atoms with E-state index in [2.05, 4.69) is 45.4 Å². The number of imidazole rings is 1. The quantitative estimate of drug-likeness (QED) is 0.930. The van der Waals surface area contributed by atoms with Crippen molar-refractivity contribution in [2.75, 3.05) is 11.4 Å². The molecule has 5 nitrogen and oxygen atoms in total. The summed E-state index contributed by atoms with van der Waals surface area (Å²) < 4.78 is 2.18. The lowest BCUT2D eigenvalue weighted by Gasteiger charge is -2.27. The lowest BCUT2D eigenvalue weighted by Crippen LogP contribution is -2.37. The number of guanidine groups is 1. The van der Waals surface area contributed by atoms with Crippen molar-refractivity contribution in [3.8, 4) is 0 Å². The summed E-state index contributed by atoms with van der Waals surface area (Å²) in [6.45, 7) is 4.97. The molecule has 0 saturated carbocycles. The summed E-state index contributed by atoms with van der Waals surface area (Å²) in [6, 6.07) is 10.6. The van der Waals surface area contributed by atoms with Crippen LogP contribution in [0.2, 0.25) is 0 Å². The second-order valence-corrected chi connectivity index (χ2v) is 5.24. The Labute approximate surface area is 118 Å². The molecule has 1 atom stereocenters. The van der Waals surface area contributed by atoms with E-state index in [9.17, 15) is 0 Å². The predicted molar refractivity (Wildman–Crippen MR) is 80.8 cm³/mol. The summed E-state index contributed by atoms with van der Waals surface area (Å²) in [5.41, 5.74) is 8.29. The molecule has 2 N–H and O–H groups in total. The molecule has 0 radical (unpaired) electrons. The SMILES string of the molecule is CC(C)n1cncc1C1CN=C(N)N1c1ccccc1. The van der Waals surface area contributed by atoms with Crippen LogP contribution in [0.5, 0.6) is 0 Å². The van der Waals surface area contributed by atoms with Gasteiger partial charge in [0, 0.05) is 11.7 Å². The number of hydrogen-bond donors (Lipinski definition) is 1. The van der Waals surface area contributed by atoms with Crippen molar-refractivity contribution in [3.05, 3.63) is 48.5 Å². The molecule has 20 heavy (non-hydrogen) atoms. The fraction of sp³-hybridized carbons (Fsp3) is 0.333. The van der Waals surface area contributed by atoms with Crippen molar-refractivity contribution < 1.29 is 0 Å². The number of rotatable bonds is 3. The standard InChI is InChI=1S/C15H19N5/c1-11(2)19-10-17-8-13(19)14-9-18-15(16)20(14)12-6-4-3-5-7-12/h3-8,10-11,14H,9H2,1-2H3,(H2,16,18). The summed E-state index contributed by atoms with van der Waals surface area (Å²) in [6.07, 6.45) is 3.78. The van der Waals surface area contributed by atoms with Crippen LogP contribution in [0.3, 0.4) is 0 Å². The first-order valence-electron chi connectivity index (χ1n) is 6.84. The van der Waals surface area contributed by atoms with Crippen LogP contribution in [0.4, 0.5) is 5.69 Å². The molecular formula is C15H19N5. The van der Waals surface area contributed by atoms with Crippen molar-refractivity contribution in [1.29, 1.82) is 0 Å². The first kappa shape index (κ1) is 12.7. The Kier molecular flexibility index (Phi) is 3.18. The van der Waals surface area contributed by atoms with E-state index >= 15 is 0 Å². The van der Waals surface area contributed by atoms with Crippen LogP contribution >= 0.6 is 0 Å². The second kappa shape index (κ2) is 5.00. The Bertz CT molecular complexity index is 614. The Morgan fingerprint density at radius 1 is 1.25 bits per heavy atom. The van der Waals surface area contributed by atoms with E-state index in [1.165, 1.54) is 0 Å². The summed E-state index contributed by atoms with van der Waals surface area (Å²) in [5, 5.41) is 0. The van der Waals surface area contributed by atoms with Crippen molar-refractivity contribution in [1.82, 2.24) is 9.55 Å². The van der Waals surface area contributed by atoms with E-state index in [0.717, 1.165) is 11.4 Å². The van der Waals surface area contributed by atoms with Crippen LogP contribution in [0.1, 0.15) is 31.6 Å². The van der Waals surface area contributed by atoms with E-state index in [1.807, 2.05) is 30.7 Å². The molecule has 2 aromatic rings. The van der Waals surface area contributed by atoms with Gasteiger partial charge in [0.05, 0.1) is 30.8 Å². The lowest BCUT2D eigenvalue weighted by atomic mass is 10.1. The van der Waals surface area contributed by atoms with Gasteiger partial charge < -0.3 is 15.2 Å². The van der Waals surface area contributed by atoms with Crippen LogP contribution in [0.15, 0.2) is 47.8 Å². The van der Waals surface area contributed by atoms with Gasteiger partial charge in [0.15, 0.2) is 5.96 Å². The van der Waals surface area contributed by atoms with Crippen LogP contribution in [0, 0.1) is 0 Å². The average molecular weight is 269 g/mol. The van der Waals surface area contributed by atoms with Crippen molar-refractivity contribution in [3.63, 3.8) is 0 Å². The number of benzene rings is 1. The van der Waals surface area contributed by atoms with Crippen molar-refractivity contribution in [2.45, 2.75) is 25.9 Å². The largest absolute Gasteiger partial charge is 0.369 e. The molecule has 0 saturated heterocycles. The molecule has 1 aliphatic rings. The molecule has 1 aromatic heterocycles. The average Bonchev–Trinajstić information content (AvgIpc) is 3.05. The number of para-hydroxylation sites is 1. The van der Waals surface area contributed by atoms with Gasteiger partial charge >= 0.3 is 0 Å². The van der Waals surface area contributed by atoms with E-state index < -0.39 is 0 Å². The van der Waals surface area contributed by atoms with Gasteiger partial charge in [-0.1, -0.05) is 18.2 Å². The van der Waals surface area contributed by atoms with Crippen molar-refractivity contribution in [2.24, 2.45) is 10.7 Å². The zero-order chi connectivity index (χ0) is 14.1. The van der Waals surface area contributed by atoms with Gasteiger partial charge in [-0.15, -0.1) is 0 Å². The topological polar surface area (TPSA) is 59.4 Å². The fourth-order valence-electron chi connectivity index (χ4n) is 2.63. The molecule has 2 heterocycles. The Balaban J connectivity index is 2.00. The molecule has 0 amide bonds. The van der Waals surface area contributed by atoms with Crippen LogP contribution in [-0.4, -0.2) is 22.1 Å². The van der Waals surface area contributed by atoms with Crippen LogP contribution in [0.25, 0.3) is 0 Å². The maximum atomic E-state index is 6.08. The highest BCUT2D eigenvalue weighted by atomic mass is 15.3. The summed E-state index contributed by atoms with van der Waals surface area (Å²) in [4.78, 5) is 10.8. The number of hydrogen-bond acceptors (Lipinski definition) is 4. The minimum absolute atomic E-state index is 0.113. The highest BCUT2D eigenvalue weighted by molar-refractivity contribution is 5.97. The first-order chi connectivity index (χ1) is 9.68. The minimum atomic E-state index is 0.113. The summed E-state index contributed by atoms with van der Waals surface area (Å²) in [7, 11) is 0. The third-order valence-corrected chi connectivity index (χ3v) is 3.61. The molecule has 0 spiro atoms. The monoisotopic (exact) mass is 269 g/mol. The maximum absolute atomic E-state index is 6.08. The fourth-order valence-corrected chi connectivity index (χ4v) is 2.63. The van der Waals surface area contributed by atoms with E-state index in [1.54, 1.807) is 0 Å². The Morgan fingerprint density at radius 2 is 2.00 bits per heavy atom. The van der Waals surface area contributed by atoms with E-state index in [4.69, 9.17) is 5.73 Å². The van der Waals surface area contributed by atoms with Gasteiger partial charge in [0.1, 0.15) is 0 Å². The van der Waals surface area contributed by atoms with Crippen LogP contribution < -0.4 is 10.6 Å². The number of aromatic nitrogens is 2. The Morgan fingerprint density at radius 3 is 2.70 bits per heavy atom. The van der Waals surface area contributed by atoms with Gasteiger partial charge in [0.25, 0.3) is 0 Å².